The van der Waals surface area contributed by atoms with Crippen molar-refractivity contribution in [3.63, 3.8) is 0 Å². The van der Waals surface area contributed by atoms with Crippen LogP contribution >= 0.6 is 0 Å². The average molecular weight is 334 g/mol. The topological polar surface area (TPSA) is 73.6 Å². The third-order valence-corrected chi connectivity index (χ3v) is 4.35. The van der Waals surface area contributed by atoms with Crippen LogP contribution < -0.4 is 20.5 Å². The molecule has 1 saturated carbocycles. The zero-order chi connectivity index (χ0) is 17.5. The Morgan fingerprint density at radius 1 is 1.29 bits per heavy atom. The van der Waals surface area contributed by atoms with Gasteiger partial charge in [0.15, 0.2) is 11.5 Å². The summed E-state index contributed by atoms with van der Waals surface area (Å²) in [7, 11) is 1.64. The van der Waals surface area contributed by atoms with Crippen molar-refractivity contribution in [2.24, 2.45) is 11.7 Å². The Hall–Kier alpha value is -1.75. The molecule has 0 aliphatic heterocycles. The molecular weight excluding hydrogens is 304 g/mol. The summed E-state index contributed by atoms with van der Waals surface area (Å²) >= 11 is 0. The molecule has 1 aromatic carbocycles. The second-order valence-electron chi connectivity index (χ2n) is 6.96. The molecule has 0 radical (unpaired) electrons. The van der Waals surface area contributed by atoms with Gasteiger partial charge in [-0.3, -0.25) is 4.79 Å². The van der Waals surface area contributed by atoms with Crippen LogP contribution in [0.2, 0.25) is 0 Å². The maximum absolute atomic E-state index is 12.0. The molecule has 0 aromatic heterocycles. The molecule has 0 bridgehead atoms. The summed E-state index contributed by atoms with van der Waals surface area (Å²) in [6.07, 6.45) is 5.57. The van der Waals surface area contributed by atoms with Gasteiger partial charge in [-0.2, -0.15) is 0 Å². The number of benzene rings is 1. The van der Waals surface area contributed by atoms with E-state index >= 15 is 0 Å². The van der Waals surface area contributed by atoms with Crippen molar-refractivity contribution in [3.05, 3.63) is 23.8 Å². The molecule has 1 amide bonds. The molecule has 1 aliphatic carbocycles. The van der Waals surface area contributed by atoms with Gasteiger partial charge in [0.25, 0.3) is 0 Å². The molecule has 0 heterocycles. The second-order valence-corrected chi connectivity index (χ2v) is 6.96. The summed E-state index contributed by atoms with van der Waals surface area (Å²) in [6, 6.07) is 5.32. The van der Waals surface area contributed by atoms with E-state index in [-0.39, 0.29) is 12.0 Å². The molecule has 5 nitrogen and oxygen atoms in total. The smallest absolute Gasteiger partial charge is 0.237 e. The Kier molecular flexibility index (Phi) is 6.91. The highest BCUT2D eigenvalue weighted by Crippen LogP contribution is 2.32. The second kappa shape index (κ2) is 8.92. The summed E-state index contributed by atoms with van der Waals surface area (Å²) in [5.41, 5.74) is 6.89. The molecule has 1 atom stereocenters. The van der Waals surface area contributed by atoms with Crippen LogP contribution in [0, 0.1) is 5.92 Å². The van der Waals surface area contributed by atoms with Gasteiger partial charge in [0.05, 0.1) is 19.3 Å². The molecule has 134 valence electrons. The molecule has 3 N–H and O–H groups in total. The first kappa shape index (κ1) is 18.6. The van der Waals surface area contributed by atoms with E-state index in [1.54, 1.807) is 7.11 Å². The van der Waals surface area contributed by atoms with Crippen LogP contribution in [0.15, 0.2) is 18.2 Å². The summed E-state index contributed by atoms with van der Waals surface area (Å²) in [5.74, 6) is 1.77. The minimum atomic E-state index is -0.461. The minimum absolute atomic E-state index is 0.113. The van der Waals surface area contributed by atoms with E-state index in [4.69, 9.17) is 15.2 Å². The predicted molar refractivity (Wildman–Crippen MR) is 95.2 cm³/mol. The molecule has 2 rings (SSSR count). The molecular formula is C19H30N2O3. The highest BCUT2D eigenvalue weighted by molar-refractivity contribution is 5.81. The molecule has 5 heteroatoms. The number of ether oxygens (including phenoxy) is 2. The van der Waals surface area contributed by atoms with Crippen molar-refractivity contribution in [1.82, 2.24) is 5.32 Å². The number of carbonyl (C=O) groups excluding carboxylic acids is 1. The Morgan fingerprint density at radius 3 is 2.62 bits per heavy atom. The van der Waals surface area contributed by atoms with E-state index in [0.29, 0.717) is 18.9 Å². The van der Waals surface area contributed by atoms with Crippen molar-refractivity contribution in [2.45, 2.75) is 64.6 Å². The molecule has 1 aliphatic rings. The number of amides is 1. The lowest BCUT2D eigenvalue weighted by atomic mass is 10.0. The van der Waals surface area contributed by atoms with Crippen LogP contribution in [-0.2, 0) is 11.3 Å². The van der Waals surface area contributed by atoms with E-state index in [9.17, 15) is 4.79 Å². The van der Waals surface area contributed by atoms with Crippen LogP contribution in [0.1, 0.15) is 51.5 Å². The van der Waals surface area contributed by atoms with Gasteiger partial charge < -0.3 is 20.5 Å². The molecule has 0 spiro atoms. The van der Waals surface area contributed by atoms with Crippen LogP contribution in [0.4, 0.5) is 0 Å². The largest absolute Gasteiger partial charge is 0.493 e. The van der Waals surface area contributed by atoms with Crippen LogP contribution in [0.3, 0.4) is 0 Å². The van der Waals surface area contributed by atoms with E-state index in [1.807, 2.05) is 18.2 Å². The molecule has 0 unspecified atom stereocenters. The molecule has 24 heavy (non-hydrogen) atoms. The van der Waals surface area contributed by atoms with E-state index in [0.717, 1.165) is 29.9 Å². The number of nitrogens with two attached hydrogens (primary N) is 1. The zero-order valence-corrected chi connectivity index (χ0v) is 15.0. The maximum Gasteiger partial charge on any atom is 0.237 e. The lowest BCUT2D eigenvalue weighted by Crippen LogP contribution is -2.41. The monoisotopic (exact) mass is 334 g/mol. The van der Waals surface area contributed by atoms with Crippen molar-refractivity contribution in [3.8, 4) is 11.5 Å². The highest BCUT2D eigenvalue weighted by Gasteiger charge is 2.19. The van der Waals surface area contributed by atoms with E-state index < -0.39 is 6.04 Å². The predicted octanol–water partition coefficient (Wildman–Crippen LogP) is 3.01. The Labute approximate surface area is 144 Å². The Bertz CT molecular complexity index is 539. The van der Waals surface area contributed by atoms with Crippen molar-refractivity contribution in [1.29, 1.82) is 0 Å². The molecule has 1 fully saturated rings. The van der Waals surface area contributed by atoms with Gasteiger partial charge in [0.2, 0.25) is 5.91 Å². The number of carbonyl (C=O) groups is 1. The van der Waals surface area contributed by atoms with Gasteiger partial charge in [-0.1, -0.05) is 19.9 Å². The lowest BCUT2D eigenvalue weighted by Gasteiger charge is -2.18. The average Bonchev–Trinajstić information content (AvgIpc) is 3.05. The van der Waals surface area contributed by atoms with Gasteiger partial charge in [-0.25, -0.2) is 0 Å². The SMILES string of the molecule is COc1ccc(CNC(=O)[C@@H](N)CC(C)C)cc1OC1CCCC1. The van der Waals surface area contributed by atoms with Crippen molar-refractivity contribution in [2.75, 3.05) is 7.11 Å². The fraction of sp³-hybridized carbons (Fsp3) is 0.632. The van der Waals surface area contributed by atoms with E-state index in [2.05, 4.69) is 19.2 Å². The summed E-state index contributed by atoms with van der Waals surface area (Å²) in [6.45, 7) is 4.56. The number of rotatable bonds is 8. The van der Waals surface area contributed by atoms with Gasteiger partial charge in [0.1, 0.15) is 0 Å². The fourth-order valence-electron chi connectivity index (χ4n) is 3.04. The van der Waals surface area contributed by atoms with Crippen molar-refractivity contribution < 1.29 is 14.3 Å². The highest BCUT2D eigenvalue weighted by atomic mass is 16.5. The standard InChI is InChI=1S/C19H30N2O3/c1-13(2)10-16(20)19(22)21-12-14-8-9-17(23-3)18(11-14)24-15-6-4-5-7-15/h8-9,11,13,15-16H,4-7,10,12,20H2,1-3H3,(H,21,22)/t16-/m0/s1. The number of hydrogen-bond donors (Lipinski definition) is 2. The van der Waals surface area contributed by atoms with Gasteiger partial charge in [0, 0.05) is 6.54 Å². The third kappa shape index (κ3) is 5.41. The number of hydrogen-bond acceptors (Lipinski definition) is 4. The quantitative estimate of drug-likeness (QED) is 0.766. The maximum atomic E-state index is 12.0. The van der Waals surface area contributed by atoms with Gasteiger partial charge in [-0.15, -0.1) is 0 Å². The summed E-state index contributed by atoms with van der Waals surface area (Å²) < 4.78 is 11.5. The Balaban J connectivity index is 1.96. The normalized spacial score (nSPS) is 16.2. The zero-order valence-electron chi connectivity index (χ0n) is 15.0. The van der Waals surface area contributed by atoms with Crippen molar-refractivity contribution >= 4 is 5.91 Å². The van der Waals surface area contributed by atoms with Crippen LogP contribution in [-0.4, -0.2) is 25.2 Å². The fourth-order valence-corrected chi connectivity index (χ4v) is 3.04. The summed E-state index contributed by atoms with van der Waals surface area (Å²) in [4.78, 5) is 12.0. The molecule has 0 saturated heterocycles. The first-order valence-corrected chi connectivity index (χ1v) is 8.86. The third-order valence-electron chi connectivity index (χ3n) is 4.35. The van der Waals surface area contributed by atoms with Crippen LogP contribution in [0.25, 0.3) is 0 Å². The van der Waals surface area contributed by atoms with Crippen LogP contribution in [0.5, 0.6) is 11.5 Å². The van der Waals surface area contributed by atoms with Gasteiger partial charge in [-0.05, 0) is 55.7 Å². The first-order chi connectivity index (χ1) is 11.5. The molecule has 1 aromatic rings. The number of methoxy groups -OCH3 is 1. The van der Waals surface area contributed by atoms with E-state index in [1.165, 1.54) is 12.8 Å². The summed E-state index contributed by atoms with van der Waals surface area (Å²) in [5, 5.41) is 2.90. The first-order valence-electron chi connectivity index (χ1n) is 8.86. The van der Waals surface area contributed by atoms with Gasteiger partial charge >= 0.3 is 0 Å². The number of nitrogens with one attached hydrogen (secondary N) is 1. The lowest BCUT2D eigenvalue weighted by molar-refractivity contribution is -0.122. The Morgan fingerprint density at radius 2 is 2.00 bits per heavy atom. The minimum Gasteiger partial charge on any atom is -0.493 e.